The summed E-state index contributed by atoms with van der Waals surface area (Å²) in [6, 6.07) is 20.2. The minimum Gasteiger partial charge on any atom is -0.493 e. The second-order valence-electron chi connectivity index (χ2n) is 9.63. The number of thiocarbonyl (C=S) groups is 1. The highest BCUT2D eigenvalue weighted by molar-refractivity contribution is 7.80. The lowest BCUT2D eigenvalue weighted by molar-refractivity contribution is -0.124. The molecule has 1 heterocycles. The Kier molecular flexibility index (Phi) is 8.71. The normalized spacial score (nSPS) is 14.9. The molecule has 204 valence electrons. The first kappa shape index (κ1) is 27.9. The molecule has 39 heavy (non-hydrogen) atoms. The van der Waals surface area contributed by atoms with Gasteiger partial charge in [-0.25, -0.2) is 0 Å². The van der Waals surface area contributed by atoms with E-state index >= 15 is 0 Å². The molecular weight excluding hydrogens is 512 g/mol. The van der Waals surface area contributed by atoms with E-state index in [9.17, 15) is 9.59 Å². The van der Waals surface area contributed by atoms with Gasteiger partial charge in [-0.3, -0.25) is 14.5 Å². The summed E-state index contributed by atoms with van der Waals surface area (Å²) in [5.41, 5.74) is 4.47. The molecule has 1 atom stereocenters. The molecule has 4 rings (SSSR count). The van der Waals surface area contributed by atoms with Crippen molar-refractivity contribution < 1.29 is 19.1 Å². The summed E-state index contributed by atoms with van der Waals surface area (Å²) < 4.78 is 10.8. The first-order valence-corrected chi connectivity index (χ1v) is 13.1. The third kappa shape index (κ3) is 6.31. The molecule has 0 bridgehead atoms. The lowest BCUT2D eigenvalue weighted by Crippen LogP contribution is -2.39. The number of hydrogen-bond donors (Lipinski definition) is 1. The van der Waals surface area contributed by atoms with Gasteiger partial charge >= 0.3 is 0 Å². The Morgan fingerprint density at radius 1 is 0.974 bits per heavy atom. The van der Waals surface area contributed by atoms with Crippen molar-refractivity contribution in [3.63, 3.8) is 0 Å². The van der Waals surface area contributed by atoms with Crippen LogP contribution in [0.25, 0.3) is 0 Å². The van der Waals surface area contributed by atoms with Crippen molar-refractivity contribution in [2.24, 2.45) is 0 Å². The quantitative estimate of drug-likeness (QED) is 0.371. The molecule has 0 unspecified atom stereocenters. The minimum absolute atomic E-state index is 0.0228. The van der Waals surface area contributed by atoms with E-state index in [-0.39, 0.29) is 18.2 Å². The van der Waals surface area contributed by atoms with Crippen LogP contribution in [0.1, 0.15) is 17.5 Å². The number of carbonyl (C=O) groups excluding carboxylic acids is 2. The van der Waals surface area contributed by atoms with Gasteiger partial charge in [-0.1, -0.05) is 23.8 Å². The van der Waals surface area contributed by atoms with Gasteiger partial charge < -0.3 is 24.6 Å². The van der Waals surface area contributed by atoms with Gasteiger partial charge in [0.05, 0.1) is 26.3 Å². The van der Waals surface area contributed by atoms with Crippen molar-refractivity contribution >= 4 is 46.2 Å². The van der Waals surface area contributed by atoms with E-state index in [1.807, 2.05) is 97.5 Å². The number of anilines is 3. The third-order valence-corrected chi connectivity index (χ3v) is 7.16. The second-order valence-corrected chi connectivity index (χ2v) is 10.00. The fourth-order valence-electron chi connectivity index (χ4n) is 4.54. The Morgan fingerprint density at radius 3 is 2.26 bits per heavy atom. The SMILES string of the molecule is COc1ccc(CCN2C(=S)N(c3ccc(N(C)C)cc3)C(=O)[C@@H]2CC(=O)Nc2ccc(C)cc2)cc1OC. The summed E-state index contributed by atoms with van der Waals surface area (Å²) >= 11 is 5.83. The highest BCUT2D eigenvalue weighted by atomic mass is 32.1. The average Bonchev–Trinajstić information content (AvgIpc) is 3.16. The number of hydrogen-bond acceptors (Lipinski definition) is 6. The zero-order valence-corrected chi connectivity index (χ0v) is 23.7. The van der Waals surface area contributed by atoms with Gasteiger partial charge in [-0.05, 0) is 79.7 Å². The second kappa shape index (κ2) is 12.2. The van der Waals surface area contributed by atoms with E-state index in [0.29, 0.717) is 41.0 Å². The lowest BCUT2D eigenvalue weighted by Gasteiger charge is -2.24. The number of carbonyl (C=O) groups is 2. The highest BCUT2D eigenvalue weighted by Gasteiger charge is 2.44. The van der Waals surface area contributed by atoms with Crippen LogP contribution in [-0.2, 0) is 16.0 Å². The van der Waals surface area contributed by atoms with Gasteiger partial charge in [0, 0.05) is 32.0 Å². The summed E-state index contributed by atoms with van der Waals surface area (Å²) in [6.07, 6.45) is 0.572. The van der Waals surface area contributed by atoms with Gasteiger partial charge in [0.15, 0.2) is 16.6 Å². The van der Waals surface area contributed by atoms with Crippen LogP contribution >= 0.6 is 12.2 Å². The minimum atomic E-state index is -0.725. The maximum absolute atomic E-state index is 13.7. The fourth-order valence-corrected chi connectivity index (χ4v) is 4.95. The Hall–Kier alpha value is -4.11. The molecule has 1 aliphatic rings. The maximum atomic E-state index is 13.7. The molecule has 2 amide bonds. The van der Waals surface area contributed by atoms with Crippen LogP contribution in [0, 0.1) is 6.92 Å². The number of aryl methyl sites for hydroxylation is 1. The Morgan fingerprint density at radius 2 is 1.64 bits per heavy atom. The third-order valence-electron chi connectivity index (χ3n) is 6.75. The molecule has 9 heteroatoms. The smallest absolute Gasteiger partial charge is 0.256 e. The van der Waals surface area contributed by atoms with Crippen LogP contribution in [0.15, 0.2) is 66.7 Å². The van der Waals surface area contributed by atoms with Crippen LogP contribution in [0.3, 0.4) is 0 Å². The van der Waals surface area contributed by atoms with E-state index in [4.69, 9.17) is 21.7 Å². The largest absolute Gasteiger partial charge is 0.493 e. The standard InChI is InChI=1S/C30H34N4O4S/c1-20-6-9-22(10-7-20)31-28(35)19-25-29(36)34(24-13-11-23(12-14-24)32(2)3)30(39)33(25)17-16-21-8-15-26(37-4)27(18-21)38-5/h6-15,18,25H,16-17,19H2,1-5H3,(H,31,35)/t25-/m0/s1. The molecule has 3 aromatic rings. The van der Waals surface area contributed by atoms with E-state index < -0.39 is 6.04 Å². The Bertz CT molecular complexity index is 1340. The fraction of sp³-hybridized carbons (Fsp3) is 0.300. The maximum Gasteiger partial charge on any atom is 0.256 e. The molecule has 1 N–H and O–H groups in total. The predicted molar refractivity (Wildman–Crippen MR) is 159 cm³/mol. The number of rotatable bonds is 10. The van der Waals surface area contributed by atoms with Gasteiger partial charge in [-0.15, -0.1) is 0 Å². The molecule has 0 saturated carbocycles. The van der Waals surface area contributed by atoms with Gasteiger partial charge in [0.1, 0.15) is 6.04 Å². The molecule has 1 aliphatic heterocycles. The van der Waals surface area contributed by atoms with Crippen molar-refractivity contribution in [1.29, 1.82) is 0 Å². The highest BCUT2D eigenvalue weighted by Crippen LogP contribution is 2.31. The summed E-state index contributed by atoms with van der Waals surface area (Å²) in [6.45, 7) is 2.44. The van der Waals surface area contributed by atoms with E-state index in [1.165, 1.54) is 4.90 Å². The van der Waals surface area contributed by atoms with Crippen LogP contribution in [-0.4, -0.2) is 62.7 Å². The van der Waals surface area contributed by atoms with E-state index in [0.717, 1.165) is 16.8 Å². The van der Waals surface area contributed by atoms with Crippen molar-refractivity contribution in [3.05, 3.63) is 77.9 Å². The number of benzene rings is 3. The summed E-state index contributed by atoms with van der Waals surface area (Å²) in [5, 5.41) is 3.29. The Balaban J connectivity index is 1.57. The molecule has 1 fully saturated rings. The van der Waals surface area contributed by atoms with Crippen molar-refractivity contribution in [1.82, 2.24) is 4.90 Å². The van der Waals surface area contributed by atoms with Gasteiger partial charge in [-0.2, -0.15) is 0 Å². The summed E-state index contributed by atoms with van der Waals surface area (Å²) in [4.78, 5) is 32.2. The number of methoxy groups -OCH3 is 2. The first-order valence-electron chi connectivity index (χ1n) is 12.7. The van der Waals surface area contributed by atoms with Crippen molar-refractivity contribution in [2.45, 2.75) is 25.8 Å². The average molecular weight is 547 g/mol. The van der Waals surface area contributed by atoms with Crippen LogP contribution < -0.4 is 24.6 Å². The number of ether oxygens (including phenoxy) is 2. The van der Waals surface area contributed by atoms with Gasteiger partial charge in [0.25, 0.3) is 5.91 Å². The first-order chi connectivity index (χ1) is 18.7. The molecule has 3 aromatic carbocycles. The molecule has 0 radical (unpaired) electrons. The molecule has 1 saturated heterocycles. The van der Waals surface area contributed by atoms with E-state index in [2.05, 4.69) is 5.32 Å². The topological polar surface area (TPSA) is 74.4 Å². The van der Waals surface area contributed by atoms with Crippen LogP contribution in [0.2, 0.25) is 0 Å². The van der Waals surface area contributed by atoms with Crippen molar-refractivity contribution in [3.8, 4) is 11.5 Å². The predicted octanol–water partition coefficient (Wildman–Crippen LogP) is 4.65. The van der Waals surface area contributed by atoms with Crippen molar-refractivity contribution in [2.75, 3.05) is 50.0 Å². The molecule has 8 nitrogen and oxygen atoms in total. The zero-order chi connectivity index (χ0) is 28.1. The summed E-state index contributed by atoms with van der Waals surface area (Å²) in [7, 11) is 7.11. The lowest BCUT2D eigenvalue weighted by atomic mass is 10.1. The number of nitrogens with zero attached hydrogens (tertiary/aromatic N) is 3. The molecule has 0 aliphatic carbocycles. The van der Waals surface area contributed by atoms with E-state index in [1.54, 1.807) is 14.2 Å². The monoisotopic (exact) mass is 546 g/mol. The zero-order valence-electron chi connectivity index (χ0n) is 22.9. The van der Waals surface area contributed by atoms with Crippen LogP contribution in [0.4, 0.5) is 17.1 Å². The number of amides is 2. The Labute approximate surface area is 235 Å². The molecule has 0 aromatic heterocycles. The number of nitrogens with one attached hydrogen (secondary N) is 1. The van der Waals surface area contributed by atoms with Gasteiger partial charge in [0.2, 0.25) is 5.91 Å². The molecule has 0 spiro atoms. The summed E-state index contributed by atoms with van der Waals surface area (Å²) in [5.74, 6) is 0.808. The van der Waals surface area contributed by atoms with Crippen LogP contribution in [0.5, 0.6) is 11.5 Å². The molecular formula is C30H34N4O4S.